The number of benzene rings is 1. The van der Waals surface area contributed by atoms with Crippen LogP contribution in [-0.2, 0) is 11.2 Å². The number of rotatable bonds is 4. The Morgan fingerprint density at radius 3 is 2.57 bits per heavy atom. The highest BCUT2D eigenvalue weighted by molar-refractivity contribution is 5.90. The van der Waals surface area contributed by atoms with Gasteiger partial charge >= 0.3 is 0 Å². The van der Waals surface area contributed by atoms with E-state index >= 15 is 0 Å². The summed E-state index contributed by atoms with van der Waals surface area (Å²) in [6.07, 6.45) is 2.38. The summed E-state index contributed by atoms with van der Waals surface area (Å²) in [5.74, 6) is 0. The zero-order valence-electron chi connectivity index (χ0n) is 13.5. The first-order valence-electron chi connectivity index (χ1n) is 8.04. The van der Waals surface area contributed by atoms with E-state index in [1.165, 1.54) is 46.3 Å². The lowest BCUT2D eigenvalue weighted by atomic mass is 10.00. The summed E-state index contributed by atoms with van der Waals surface area (Å²) in [6.45, 7) is 11.8. The number of aryl methyl sites for hydroxylation is 4. The predicted octanol–water partition coefficient (Wildman–Crippen LogP) is 3.36. The normalized spacial score (nSPS) is 16.7. The molecule has 1 N–H and O–H groups in total. The summed E-state index contributed by atoms with van der Waals surface area (Å²) in [4.78, 5) is 6.11. The van der Waals surface area contributed by atoms with E-state index in [1.807, 2.05) is 0 Å². The second kappa shape index (κ2) is 6.20. The van der Waals surface area contributed by atoms with Crippen LogP contribution in [-0.4, -0.2) is 42.7 Å². The summed E-state index contributed by atoms with van der Waals surface area (Å²) >= 11 is 0. The first-order chi connectivity index (χ1) is 10.2. The van der Waals surface area contributed by atoms with Crippen LogP contribution in [0.4, 0.5) is 0 Å². The van der Waals surface area contributed by atoms with Crippen LogP contribution in [0, 0.1) is 20.8 Å². The Hall–Kier alpha value is -1.32. The van der Waals surface area contributed by atoms with Crippen LogP contribution in [0.5, 0.6) is 0 Å². The Labute approximate surface area is 127 Å². The number of hydrogen-bond acceptors (Lipinski definition) is 2. The van der Waals surface area contributed by atoms with E-state index in [-0.39, 0.29) is 0 Å². The Kier molecular flexibility index (Phi) is 4.32. The number of ether oxygens (including phenoxy) is 1. The van der Waals surface area contributed by atoms with Gasteiger partial charge in [-0.3, -0.25) is 4.90 Å². The lowest BCUT2D eigenvalue weighted by molar-refractivity contribution is 0.0375. The molecule has 1 aromatic carbocycles. The molecule has 1 fully saturated rings. The van der Waals surface area contributed by atoms with Crippen molar-refractivity contribution in [2.75, 3.05) is 32.8 Å². The summed E-state index contributed by atoms with van der Waals surface area (Å²) in [6, 6.07) is 4.46. The van der Waals surface area contributed by atoms with Crippen molar-refractivity contribution in [1.82, 2.24) is 9.88 Å². The molecule has 2 aromatic rings. The zero-order valence-corrected chi connectivity index (χ0v) is 13.5. The van der Waals surface area contributed by atoms with Crippen LogP contribution in [0.1, 0.15) is 28.8 Å². The minimum Gasteiger partial charge on any atom is -0.379 e. The van der Waals surface area contributed by atoms with E-state index in [0.717, 1.165) is 32.7 Å². The van der Waals surface area contributed by atoms with Gasteiger partial charge in [-0.1, -0.05) is 12.1 Å². The number of hydrogen-bond donors (Lipinski definition) is 1. The van der Waals surface area contributed by atoms with Crippen LogP contribution >= 0.6 is 0 Å². The van der Waals surface area contributed by atoms with Gasteiger partial charge in [0.1, 0.15) is 0 Å². The van der Waals surface area contributed by atoms with Gasteiger partial charge < -0.3 is 9.72 Å². The number of nitrogens with one attached hydrogen (secondary N) is 1. The SMILES string of the molecule is Cc1[nH]c2c(C)ccc(C)c2c1CCCN1CCOCC1. The van der Waals surface area contributed by atoms with Gasteiger partial charge in [-0.2, -0.15) is 0 Å². The minimum absolute atomic E-state index is 0.893. The fraction of sp³-hybridized carbons (Fsp3) is 0.556. The van der Waals surface area contributed by atoms with Gasteiger partial charge in [-0.15, -0.1) is 0 Å². The fourth-order valence-corrected chi connectivity index (χ4v) is 3.43. The average molecular weight is 286 g/mol. The molecule has 1 aromatic heterocycles. The number of nitrogens with zero attached hydrogens (tertiary/aromatic N) is 1. The smallest absolute Gasteiger partial charge is 0.0594 e. The number of aromatic nitrogens is 1. The predicted molar refractivity (Wildman–Crippen MR) is 88.1 cm³/mol. The molecule has 0 unspecified atom stereocenters. The molecule has 1 saturated heterocycles. The Morgan fingerprint density at radius 2 is 1.81 bits per heavy atom. The molecule has 0 spiro atoms. The fourth-order valence-electron chi connectivity index (χ4n) is 3.43. The highest BCUT2D eigenvalue weighted by Gasteiger charge is 2.14. The standard InChI is InChI=1S/C18H26N2O/c1-13-6-7-14(2)18-17(13)16(15(3)19-18)5-4-8-20-9-11-21-12-10-20/h6-7,19H,4-5,8-12H2,1-3H3. The van der Waals surface area contributed by atoms with E-state index in [2.05, 4.69) is 42.8 Å². The van der Waals surface area contributed by atoms with Gasteiger partial charge in [0.2, 0.25) is 0 Å². The van der Waals surface area contributed by atoms with Crippen LogP contribution in [0.15, 0.2) is 12.1 Å². The third kappa shape index (κ3) is 2.99. The molecule has 0 aliphatic carbocycles. The maximum atomic E-state index is 5.41. The van der Waals surface area contributed by atoms with Gasteiger partial charge in [0.15, 0.2) is 0 Å². The Balaban J connectivity index is 1.74. The van der Waals surface area contributed by atoms with Gasteiger partial charge in [-0.05, 0) is 56.8 Å². The molecule has 1 aliphatic rings. The molecule has 0 atom stereocenters. The van der Waals surface area contributed by atoms with Crippen LogP contribution in [0.25, 0.3) is 10.9 Å². The largest absolute Gasteiger partial charge is 0.379 e. The topological polar surface area (TPSA) is 28.3 Å². The molecule has 0 radical (unpaired) electrons. The van der Waals surface area contributed by atoms with Crippen molar-refractivity contribution in [3.05, 3.63) is 34.5 Å². The molecule has 3 heteroatoms. The molecule has 0 amide bonds. The summed E-state index contributed by atoms with van der Waals surface area (Å²) < 4.78 is 5.41. The van der Waals surface area contributed by atoms with E-state index < -0.39 is 0 Å². The Morgan fingerprint density at radius 1 is 1.10 bits per heavy atom. The first kappa shape index (κ1) is 14.6. The summed E-state index contributed by atoms with van der Waals surface area (Å²) in [7, 11) is 0. The van der Waals surface area contributed by atoms with Crippen LogP contribution in [0.3, 0.4) is 0 Å². The lowest BCUT2D eigenvalue weighted by Crippen LogP contribution is -2.36. The summed E-state index contributed by atoms with van der Waals surface area (Å²) in [5.41, 5.74) is 6.91. The molecule has 3 rings (SSSR count). The van der Waals surface area contributed by atoms with Crippen molar-refractivity contribution in [3.8, 4) is 0 Å². The maximum absolute atomic E-state index is 5.41. The van der Waals surface area contributed by atoms with Crippen molar-refractivity contribution in [3.63, 3.8) is 0 Å². The van der Waals surface area contributed by atoms with Crippen LogP contribution < -0.4 is 0 Å². The molecule has 0 bridgehead atoms. The number of aromatic amines is 1. The van der Waals surface area contributed by atoms with Gasteiger partial charge in [0, 0.05) is 29.7 Å². The molecule has 2 heterocycles. The highest BCUT2D eigenvalue weighted by Crippen LogP contribution is 2.28. The van der Waals surface area contributed by atoms with Crippen molar-refractivity contribution in [1.29, 1.82) is 0 Å². The van der Waals surface area contributed by atoms with Crippen LogP contribution in [0.2, 0.25) is 0 Å². The first-order valence-corrected chi connectivity index (χ1v) is 8.04. The van der Waals surface area contributed by atoms with E-state index in [9.17, 15) is 0 Å². The molecular formula is C18H26N2O. The third-order valence-electron chi connectivity index (χ3n) is 4.69. The number of H-pyrrole nitrogens is 1. The number of fused-ring (bicyclic) bond motifs is 1. The van der Waals surface area contributed by atoms with E-state index in [1.54, 1.807) is 0 Å². The monoisotopic (exact) mass is 286 g/mol. The van der Waals surface area contributed by atoms with Crippen molar-refractivity contribution in [2.45, 2.75) is 33.6 Å². The number of morpholine rings is 1. The quantitative estimate of drug-likeness (QED) is 0.933. The molecule has 0 saturated carbocycles. The minimum atomic E-state index is 0.893. The van der Waals surface area contributed by atoms with Gasteiger partial charge in [-0.25, -0.2) is 0 Å². The van der Waals surface area contributed by atoms with Gasteiger partial charge in [0.05, 0.1) is 13.2 Å². The Bertz CT molecular complexity index is 624. The highest BCUT2D eigenvalue weighted by atomic mass is 16.5. The van der Waals surface area contributed by atoms with Crippen molar-refractivity contribution < 1.29 is 4.74 Å². The van der Waals surface area contributed by atoms with Crippen molar-refractivity contribution >= 4 is 10.9 Å². The molecule has 21 heavy (non-hydrogen) atoms. The second-order valence-corrected chi connectivity index (χ2v) is 6.24. The average Bonchev–Trinajstić information content (AvgIpc) is 2.83. The second-order valence-electron chi connectivity index (χ2n) is 6.24. The zero-order chi connectivity index (χ0) is 14.8. The maximum Gasteiger partial charge on any atom is 0.0594 e. The summed E-state index contributed by atoms with van der Waals surface area (Å²) in [5, 5.41) is 1.45. The van der Waals surface area contributed by atoms with Gasteiger partial charge in [0.25, 0.3) is 0 Å². The molecule has 3 nitrogen and oxygen atoms in total. The third-order valence-corrected chi connectivity index (χ3v) is 4.69. The molecule has 1 aliphatic heterocycles. The lowest BCUT2D eigenvalue weighted by Gasteiger charge is -2.26. The molecule has 114 valence electrons. The van der Waals surface area contributed by atoms with Crippen molar-refractivity contribution in [2.24, 2.45) is 0 Å². The van der Waals surface area contributed by atoms with E-state index in [0.29, 0.717) is 0 Å². The molecular weight excluding hydrogens is 260 g/mol. The van der Waals surface area contributed by atoms with E-state index in [4.69, 9.17) is 4.74 Å².